The van der Waals surface area contributed by atoms with Gasteiger partial charge in [0.1, 0.15) is 6.33 Å². The molecule has 1 amide bonds. The van der Waals surface area contributed by atoms with Gasteiger partial charge in [-0.1, -0.05) is 23.7 Å². The van der Waals surface area contributed by atoms with E-state index >= 15 is 0 Å². The number of hydrogen-bond donors (Lipinski definition) is 1. The van der Waals surface area contributed by atoms with Gasteiger partial charge in [-0.25, -0.2) is 18.1 Å². The third-order valence-corrected chi connectivity index (χ3v) is 5.66. The van der Waals surface area contributed by atoms with E-state index in [0.717, 1.165) is 15.3 Å². The third-order valence-electron chi connectivity index (χ3n) is 3.59. The van der Waals surface area contributed by atoms with Crippen LogP contribution >= 0.6 is 11.6 Å². The predicted molar refractivity (Wildman–Crippen MR) is 95.4 cm³/mol. The summed E-state index contributed by atoms with van der Waals surface area (Å²) < 4.78 is 27.4. The van der Waals surface area contributed by atoms with Crippen LogP contribution in [0.4, 0.5) is 0 Å². The van der Waals surface area contributed by atoms with Gasteiger partial charge < -0.3 is 0 Å². The summed E-state index contributed by atoms with van der Waals surface area (Å²) in [7, 11) is -2.44. The molecule has 1 aromatic heterocycles. The van der Waals surface area contributed by atoms with Crippen LogP contribution in [0.5, 0.6) is 0 Å². The zero-order chi connectivity index (χ0) is 18.0. The molecule has 0 atom stereocenters. The number of imidazole rings is 1. The average molecular weight is 379 g/mol. The molecule has 0 aliphatic carbocycles. The quantitative estimate of drug-likeness (QED) is 0.736. The van der Waals surface area contributed by atoms with Crippen LogP contribution in [0, 0.1) is 0 Å². The lowest BCUT2D eigenvalue weighted by molar-refractivity contribution is -0.117. The minimum atomic E-state index is -3.78. The summed E-state index contributed by atoms with van der Waals surface area (Å²) in [6.45, 7) is -0.336. The van der Waals surface area contributed by atoms with E-state index in [9.17, 15) is 13.2 Å². The lowest BCUT2D eigenvalue weighted by atomic mass is 10.3. The maximum Gasteiger partial charge on any atom is 0.254 e. The second-order valence-electron chi connectivity index (χ2n) is 5.35. The molecule has 9 heteroatoms. The number of fused-ring (bicyclic) bond motifs is 1. The monoisotopic (exact) mass is 378 g/mol. The molecule has 0 saturated heterocycles. The summed E-state index contributed by atoms with van der Waals surface area (Å²) >= 11 is 5.77. The molecule has 0 saturated carbocycles. The predicted octanol–water partition coefficient (Wildman–Crippen LogP) is 2.08. The van der Waals surface area contributed by atoms with Crippen molar-refractivity contribution in [3.63, 3.8) is 0 Å². The van der Waals surface area contributed by atoms with Crippen LogP contribution in [-0.4, -0.2) is 41.9 Å². The van der Waals surface area contributed by atoms with Gasteiger partial charge in [-0.15, -0.1) is 0 Å². The van der Waals surface area contributed by atoms with Crippen molar-refractivity contribution in [2.75, 3.05) is 19.0 Å². The van der Waals surface area contributed by atoms with Crippen molar-refractivity contribution >= 4 is 38.6 Å². The van der Waals surface area contributed by atoms with Crippen LogP contribution < -0.4 is 5.43 Å². The fourth-order valence-electron chi connectivity index (χ4n) is 2.29. The largest absolute Gasteiger partial charge is 0.272 e. The lowest BCUT2D eigenvalue weighted by Crippen LogP contribution is -2.37. The van der Waals surface area contributed by atoms with E-state index in [4.69, 9.17) is 11.6 Å². The van der Waals surface area contributed by atoms with Crippen LogP contribution in [0.25, 0.3) is 11.0 Å². The highest BCUT2D eigenvalue weighted by Crippen LogP contribution is 2.17. The Bertz CT molecular complexity index is 1020. The molecule has 0 unspecified atom stereocenters. The molecule has 0 spiro atoms. The van der Waals surface area contributed by atoms with E-state index in [1.165, 1.54) is 42.3 Å². The molecule has 25 heavy (non-hydrogen) atoms. The summed E-state index contributed by atoms with van der Waals surface area (Å²) in [5.41, 5.74) is 4.06. The molecule has 1 heterocycles. The van der Waals surface area contributed by atoms with Crippen LogP contribution in [-0.2, 0) is 14.8 Å². The van der Waals surface area contributed by atoms with Crippen molar-refractivity contribution in [3.8, 4) is 0 Å². The van der Waals surface area contributed by atoms with Crippen molar-refractivity contribution in [2.24, 2.45) is 0 Å². The molecule has 1 N–H and O–H groups in total. The number of carbonyl (C=O) groups excluding carboxylic acids is 1. The van der Waals surface area contributed by atoms with Gasteiger partial charge in [-0.05, 0) is 36.4 Å². The number of hydrogen-bond acceptors (Lipinski definition) is 4. The van der Waals surface area contributed by atoms with Crippen molar-refractivity contribution in [3.05, 3.63) is 59.9 Å². The fourth-order valence-corrected chi connectivity index (χ4v) is 3.54. The van der Waals surface area contributed by atoms with Gasteiger partial charge in [0.2, 0.25) is 10.0 Å². The number of nitrogens with one attached hydrogen (secondary N) is 1. The maximum atomic E-state index is 12.5. The number of aromatic nitrogens is 2. The Hall–Kier alpha value is -2.42. The molecule has 0 radical (unpaired) electrons. The van der Waals surface area contributed by atoms with Gasteiger partial charge in [0, 0.05) is 12.1 Å². The number of benzene rings is 2. The van der Waals surface area contributed by atoms with Crippen molar-refractivity contribution in [1.29, 1.82) is 0 Å². The standard InChI is InChI=1S/C16H15ClN4O3S/c1-20(25(23,24)13-8-6-12(17)7-9-13)10-16(22)19-21-11-18-14-4-2-3-5-15(14)21/h2-9,11H,10H2,1H3,(H,19,22). The van der Waals surface area contributed by atoms with Gasteiger partial charge in [0.25, 0.3) is 5.91 Å². The minimum Gasteiger partial charge on any atom is -0.272 e. The number of likely N-dealkylation sites (N-methyl/N-ethyl adjacent to an activating group) is 1. The molecule has 130 valence electrons. The molecular formula is C16H15ClN4O3S. The Kier molecular flexibility index (Phi) is 4.76. The molecule has 3 rings (SSSR count). The zero-order valence-electron chi connectivity index (χ0n) is 13.3. The second-order valence-corrected chi connectivity index (χ2v) is 7.83. The van der Waals surface area contributed by atoms with E-state index in [1.54, 1.807) is 6.07 Å². The van der Waals surface area contributed by atoms with E-state index in [0.29, 0.717) is 5.02 Å². The molecular weight excluding hydrogens is 364 g/mol. The normalized spacial score (nSPS) is 11.8. The van der Waals surface area contributed by atoms with Gasteiger partial charge in [-0.3, -0.25) is 10.2 Å². The molecule has 3 aromatic rings. The summed E-state index contributed by atoms with van der Waals surface area (Å²) in [4.78, 5) is 16.4. The zero-order valence-corrected chi connectivity index (χ0v) is 14.8. The van der Waals surface area contributed by atoms with Gasteiger partial charge in [0.15, 0.2) is 0 Å². The average Bonchev–Trinajstić information content (AvgIpc) is 2.98. The SMILES string of the molecule is CN(CC(=O)Nn1cnc2ccccc21)S(=O)(=O)c1ccc(Cl)cc1. The minimum absolute atomic E-state index is 0.0697. The van der Waals surface area contributed by atoms with E-state index in [-0.39, 0.29) is 11.4 Å². The van der Waals surface area contributed by atoms with Crippen LogP contribution in [0.3, 0.4) is 0 Å². The number of rotatable bonds is 5. The Labute approximate surface area is 149 Å². The number of nitrogens with zero attached hydrogens (tertiary/aromatic N) is 3. The van der Waals surface area contributed by atoms with Crippen LogP contribution in [0.1, 0.15) is 0 Å². The molecule has 7 nitrogen and oxygen atoms in total. The summed E-state index contributed by atoms with van der Waals surface area (Å²) in [6, 6.07) is 13.1. The Morgan fingerprint density at radius 2 is 1.88 bits per heavy atom. The van der Waals surface area contributed by atoms with E-state index < -0.39 is 15.9 Å². The number of para-hydroxylation sites is 2. The first-order valence-electron chi connectivity index (χ1n) is 7.32. The second kappa shape index (κ2) is 6.83. The molecule has 0 bridgehead atoms. The highest BCUT2D eigenvalue weighted by atomic mass is 35.5. The Morgan fingerprint density at radius 1 is 1.20 bits per heavy atom. The number of amides is 1. The summed E-state index contributed by atoms with van der Waals surface area (Å²) in [5, 5.41) is 0.436. The van der Waals surface area contributed by atoms with Crippen molar-refractivity contribution in [2.45, 2.75) is 4.90 Å². The molecule has 0 fully saturated rings. The van der Waals surface area contributed by atoms with Gasteiger partial charge >= 0.3 is 0 Å². The van der Waals surface area contributed by atoms with Crippen LogP contribution in [0.2, 0.25) is 5.02 Å². The third kappa shape index (κ3) is 3.65. The first kappa shape index (κ1) is 17.4. The summed E-state index contributed by atoms with van der Waals surface area (Å²) in [5.74, 6) is -0.483. The smallest absolute Gasteiger partial charge is 0.254 e. The number of carbonyl (C=O) groups is 1. The van der Waals surface area contributed by atoms with Crippen molar-refractivity contribution < 1.29 is 13.2 Å². The summed E-state index contributed by atoms with van der Waals surface area (Å²) in [6.07, 6.45) is 1.47. The molecule has 0 aliphatic rings. The Balaban J connectivity index is 1.73. The van der Waals surface area contributed by atoms with Gasteiger partial charge in [-0.2, -0.15) is 4.31 Å². The Morgan fingerprint density at radius 3 is 2.60 bits per heavy atom. The topological polar surface area (TPSA) is 84.3 Å². The maximum absolute atomic E-state index is 12.5. The van der Waals surface area contributed by atoms with Gasteiger partial charge in [0.05, 0.1) is 22.5 Å². The molecule has 2 aromatic carbocycles. The fraction of sp³-hybridized carbons (Fsp3) is 0.125. The lowest BCUT2D eigenvalue weighted by Gasteiger charge is -2.17. The number of halogens is 1. The van der Waals surface area contributed by atoms with Crippen molar-refractivity contribution in [1.82, 2.24) is 14.0 Å². The van der Waals surface area contributed by atoms with E-state index in [1.807, 2.05) is 18.2 Å². The van der Waals surface area contributed by atoms with Crippen LogP contribution in [0.15, 0.2) is 59.8 Å². The first-order valence-corrected chi connectivity index (χ1v) is 9.13. The number of sulfonamides is 1. The highest BCUT2D eigenvalue weighted by molar-refractivity contribution is 7.89. The molecule has 0 aliphatic heterocycles. The first-order chi connectivity index (χ1) is 11.9. The van der Waals surface area contributed by atoms with E-state index in [2.05, 4.69) is 10.4 Å². The highest BCUT2D eigenvalue weighted by Gasteiger charge is 2.23.